The first-order valence-electron chi connectivity index (χ1n) is 5.43. The van der Waals surface area contributed by atoms with Crippen molar-refractivity contribution in [1.29, 1.82) is 0 Å². The molecule has 0 aliphatic rings. The maximum Gasteiger partial charge on any atom is 0.165 e. The lowest BCUT2D eigenvalue weighted by molar-refractivity contribution is 0.307. The second kappa shape index (κ2) is 8.90. The van der Waals surface area contributed by atoms with Crippen molar-refractivity contribution in [2.45, 2.75) is 13.5 Å². The Bertz CT molecular complexity index is 342. The second-order valence-electron chi connectivity index (χ2n) is 3.30. The molecule has 0 radical (unpaired) electrons. The molecule has 0 saturated carbocycles. The number of benzene rings is 1. The molecular formula is C13H20ClNO2. The topological polar surface area (TPSA) is 30.5 Å². The fraction of sp³-hybridized carbons (Fsp3) is 0.385. The first-order valence-corrected chi connectivity index (χ1v) is 5.43. The van der Waals surface area contributed by atoms with Crippen LogP contribution < -0.4 is 14.8 Å². The summed E-state index contributed by atoms with van der Waals surface area (Å²) in [6.07, 6.45) is 1.83. The van der Waals surface area contributed by atoms with Crippen molar-refractivity contribution >= 4 is 12.4 Å². The summed E-state index contributed by atoms with van der Waals surface area (Å²) in [5, 5.41) is 3.25. The Morgan fingerprint density at radius 3 is 2.76 bits per heavy atom. The van der Waals surface area contributed by atoms with Crippen molar-refractivity contribution in [3.05, 3.63) is 36.4 Å². The molecule has 0 fully saturated rings. The van der Waals surface area contributed by atoms with Crippen LogP contribution in [0, 0.1) is 0 Å². The van der Waals surface area contributed by atoms with Gasteiger partial charge in [-0.15, -0.1) is 19.0 Å². The minimum absolute atomic E-state index is 0. The van der Waals surface area contributed by atoms with Gasteiger partial charge in [-0.05, 0) is 13.0 Å². The molecule has 0 aromatic heterocycles. The summed E-state index contributed by atoms with van der Waals surface area (Å²) in [6.45, 7) is 7.79. The van der Waals surface area contributed by atoms with Gasteiger partial charge in [-0.2, -0.15) is 0 Å². The summed E-state index contributed by atoms with van der Waals surface area (Å²) < 4.78 is 10.9. The molecular weight excluding hydrogens is 238 g/mol. The molecule has 4 heteroatoms. The Kier molecular flexibility index (Phi) is 8.28. The van der Waals surface area contributed by atoms with Gasteiger partial charge in [-0.1, -0.05) is 18.2 Å². The minimum atomic E-state index is 0. The largest absolute Gasteiger partial charge is 0.493 e. The maximum absolute atomic E-state index is 5.60. The van der Waals surface area contributed by atoms with Crippen LogP contribution in [0.2, 0.25) is 0 Å². The average Bonchev–Trinajstić information content (AvgIpc) is 2.31. The zero-order chi connectivity index (χ0) is 11.8. The maximum atomic E-state index is 5.60. The lowest BCUT2D eigenvalue weighted by Gasteiger charge is -2.14. The molecule has 1 rings (SSSR count). The van der Waals surface area contributed by atoms with Gasteiger partial charge in [0.1, 0.15) is 0 Å². The van der Waals surface area contributed by atoms with E-state index in [-0.39, 0.29) is 12.4 Å². The highest BCUT2D eigenvalue weighted by Gasteiger charge is 2.08. The van der Waals surface area contributed by atoms with E-state index in [0.717, 1.165) is 30.2 Å². The van der Waals surface area contributed by atoms with Gasteiger partial charge in [-0.25, -0.2) is 0 Å². The summed E-state index contributed by atoms with van der Waals surface area (Å²) in [5.74, 6) is 1.60. The predicted molar refractivity (Wildman–Crippen MR) is 73.3 cm³/mol. The lowest BCUT2D eigenvalue weighted by Crippen LogP contribution is -2.13. The second-order valence-corrected chi connectivity index (χ2v) is 3.30. The van der Waals surface area contributed by atoms with Gasteiger partial charge < -0.3 is 14.8 Å². The fourth-order valence-corrected chi connectivity index (χ4v) is 1.48. The number of methoxy groups -OCH3 is 1. The Morgan fingerprint density at radius 2 is 2.18 bits per heavy atom. The van der Waals surface area contributed by atoms with Crippen molar-refractivity contribution in [3.8, 4) is 11.5 Å². The molecule has 0 amide bonds. The lowest BCUT2D eigenvalue weighted by atomic mass is 10.2. The number of rotatable bonds is 7. The summed E-state index contributed by atoms with van der Waals surface area (Å²) >= 11 is 0. The van der Waals surface area contributed by atoms with Gasteiger partial charge in [0.15, 0.2) is 11.5 Å². The van der Waals surface area contributed by atoms with E-state index in [9.17, 15) is 0 Å². The SMILES string of the molecule is C=CCNCc1cccc(OC)c1OCC.Cl. The molecule has 1 aromatic rings. The number of nitrogens with one attached hydrogen (secondary N) is 1. The van der Waals surface area contributed by atoms with Crippen LogP contribution in [-0.4, -0.2) is 20.3 Å². The molecule has 3 nitrogen and oxygen atoms in total. The molecule has 0 bridgehead atoms. The Labute approximate surface area is 109 Å². The van der Waals surface area contributed by atoms with Crippen molar-refractivity contribution < 1.29 is 9.47 Å². The van der Waals surface area contributed by atoms with Crippen molar-refractivity contribution in [2.75, 3.05) is 20.3 Å². The molecule has 0 unspecified atom stereocenters. The third kappa shape index (κ3) is 4.67. The average molecular weight is 258 g/mol. The molecule has 0 aliphatic carbocycles. The molecule has 1 N–H and O–H groups in total. The van der Waals surface area contributed by atoms with E-state index in [2.05, 4.69) is 11.9 Å². The van der Waals surface area contributed by atoms with E-state index in [0.29, 0.717) is 6.61 Å². The summed E-state index contributed by atoms with van der Waals surface area (Å²) in [4.78, 5) is 0. The number of hydrogen-bond donors (Lipinski definition) is 1. The van der Waals surface area contributed by atoms with Crippen LogP contribution >= 0.6 is 12.4 Å². The Morgan fingerprint density at radius 1 is 1.41 bits per heavy atom. The highest BCUT2D eigenvalue weighted by atomic mass is 35.5. The van der Waals surface area contributed by atoms with Gasteiger partial charge in [0.25, 0.3) is 0 Å². The van der Waals surface area contributed by atoms with E-state index < -0.39 is 0 Å². The number of para-hydroxylation sites is 1. The molecule has 96 valence electrons. The van der Waals surface area contributed by atoms with Gasteiger partial charge in [-0.3, -0.25) is 0 Å². The van der Waals surface area contributed by atoms with Crippen LogP contribution in [0.3, 0.4) is 0 Å². The number of halogens is 1. The fourth-order valence-electron chi connectivity index (χ4n) is 1.48. The first-order chi connectivity index (χ1) is 7.83. The Balaban J connectivity index is 0.00000256. The molecule has 0 aliphatic heterocycles. The molecule has 0 atom stereocenters. The third-order valence-corrected chi connectivity index (χ3v) is 2.17. The minimum Gasteiger partial charge on any atom is -0.493 e. The summed E-state index contributed by atoms with van der Waals surface area (Å²) in [5.41, 5.74) is 1.10. The number of ether oxygens (including phenoxy) is 2. The van der Waals surface area contributed by atoms with Crippen LogP contribution in [0.5, 0.6) is 11.5 Å². The van der Waals surface area contributed by atoms with E-state index in [4.69, 9.17) is 9.47 Å². The van der Waals surface area contributed by atoms with Gasteiger partial charge in [0.2, 0.25) is 0 Å². The number of hydrogen-bond acceptors (Lipinski definition) is 3. The van der Waals surface area contributed by atoms with Gasteiger partial charge >= 0.3 is 0 Å². The molecule has 0 spiro atoms. The first kappa shape index (κ1) is 15.8. The van der Waals surface area contributed by atoms with Crippen LogP contribution in [0.4, 0.5) is 0 Å². The highest BCUT2D eigenvalue weighted by Crippen LogP contribution is 2.30. The van der Waals surface area contributed by atoms with E-state index in [1.54, 1.807) is 7.11 Å². The molecule has 0 saturated heterocycles. The molecule has 1 aromatic carbocycles. The smallest absolute Gasteiger partial charge is 0.165 e. The summed E-state index contributed by atoms with van der Waals surface area (Å²) in [7, 11) is 1.65. The normalized spacial score (nSPS) is 9.29. The zero-order valence-corrected chi connectivity index (χ0v) is 11.2. The van der Waals surface area contributed by atoms with E-state index in [1.807, 2.05) is 31.2 Å². The van der Waals surface area contributed by atoms with Crippen molar-refractivity contribution in [2.24, 2.45) is 0 Å². The van der Waals surface area contributed by atoms with Crippen molar-refractivity contribution in [1.82, 2.24) is 5.32 Å². The summed E-state index contributed by atoms with van der Waals surface area (Å²) in [6, 6.07) is 5.90. The molecule has 17 heavy (non-hydrogen) atoms. The van der Waals surface area contributed by atoms with Crippen LogP contribution in [0.25, 0.3) is 0 Å². The van der Waals surface area contributed by atoms with Gasteiger partial charge in [0.05, 0.1) is 13.7 Å². The quantitative estimate of drug-likeness (QED) is 0.602. The van der Waals surface area contributed by atoms with Crippen LogP contribution in [0.1, 0.15) is 12.5 Å². The predicted octanol–water partition coefficient (Wildman–Crippen LogP) is 2.79. The monoisotopic (exact) mass is 257 g/mol. The standard InChI is InChI=1S/C13H19NO2.ClH/c1-4-9-14-10-11-7-6-8-12(15-3)13(11)16-5-2;/h4,6-8,14H,1,5,9-10H2,2-3H3;1H. The Hall–Kier alpha value is -1.19. The van der Waals surface area contributed by atoms with Crippen LogP contribution in [0.15, 0.2) is 30.9 Å². The van der Waals surface area contributed by atoms with E-state index >= 15 is 0 Å². The third-order valence-electron chi connectivity index (χ3n) is 2.17. The van der Waals surface area contributed by atoms with E-state index in [1.165, 1.54) is 0 Å². The molecule has 0 heterocycles. The van der Waals surface area contributed by atoms with Gasteiger partial charge in [0, 0.05) is 18.7 Å². The van der Waals surface area contributed by atoms with Crippen LogP contribution in [-0.2, 0) is 6.54 Å². The highest BCUT2D eigenvalue weighted by molar-refractivity contribution is 5.85. The van der Waals surface area contributed by atoms with Crippen molar-refractivity contribution in [3.63, 3.8) is 0 Å². The zero-order valence-electron chi connectivity index (χ0n) is 10.4.